The predicted molar refractivity (Wildman–Crippen MR) is 153 cm³/mol. The third-order valence-corrected chi connectivity index (χ3v) is 7.80. The number of carbonyl (C=O) groups is 4. The third-order valence-electron chi connectivity index (χ3n) is 6.11. The van der Waals surface area contributed by atoms with E-state index in [9.17, 15) is 24.3 Å². The number of carbonyl (C=O) groups excluding carboxylic acids is 3. The molecule has 0 aliphatic carbocycles. The molecule has 0 saturated carbocycles. The fourth-order valence-electron chi connectivity index (χ4n) is 4.10. The zero-order chi connectivity index (χ0) is 29.7. The van der Waals surface area contributed by atoms with E-state index in [1.165, 1.54) is 57.7 Å². The van der Waals surface area contributed by atoms with Gasteiger partial charge in [0.25, 0.3) is 17.7 Å². The summed E-state index contributed by atoms with van der Waals surface area (Å²) in [6.45, 7) is 0. The quantitative estimate of drug-likeness (QED) is 0.309. The second-order valence-electron chi connectivity index (χ2n) is 8.72. The van der Waals surface area contributed by atoms with Crippen molar-refractivity contribution >= 4 is 52.7 Å². The van der Waals surface area contributed by atoms with Crippen molar-refractivity contribution in [2.24, 2.45) is 0 Å². The maximum Gasteiger partial charge on any atom is 0.305 e. The Labute approximate surface area is 244 Å². The number of nitrogens with zero attached hydrogens (tertiary/aromatic N) is 1. The molecule has 2 atom stereocenters. The van der Waals surface area contributed by atoms with Crippen LogP contribution in [0.25, 0.3) is 0 Å². The zero-order valence-corrected chi connectivity index (χ0v) is 23.7. The number of ether oxygens (including phenoxy) is 3. The monoisotopic (exact) mass is 599 g/mol. The largest absolute Gasteiger partial charge is 0.493 e. The van der Waals surface area contributed by atoms with Gasteiger partial charge >= 0.3 is 5.97 Å². The van der Waals surface area contributed by atoms with E-state index in [0.29, 0.717) is 33.5 Å². The fourth-order valence-corrected chi connectivity index (χ4v) is 5.60. The predicted octanol–water partition coefficient (Wildman–Crippen LogP) is 4.38. The zero-order valence-electron chi connectivity index (χ0n) is 22.2. The van der Waals surface area contributed by atoms with Crippen LogP contribution in [-0.2, 0) is 9.59 Å². The van der Waals surface area contributed by atoms with Crippen LogP contribution >= 0.6 is 23.4 Å². The molecule has 0 spiro atoms. The number of hydrazine groups is 1. The number of thioether (sulfide) groups is 1. The first-order chi connectivity index (χ1) is 19.6. The molecule has 3 N–H and O–H groups in total. The van der Waals surface area contributed by atoms with Crippen LogP contribution in [0, 0.1) is 0 Å². The van der Waals surface area contributed by atoms with Crippen LogP contribution in [0.5, 0.6) is 17.2 Å². The van der Waals surface area contributed by atoms with Crippen molar-refractivity contribution in [1.82, 2.24) is 10.4 Å². The summed E-state index contributed by atoms with van der Waals surface area (Å²) in [5.74, 6) is -1.69. The molecule has 3 amide bonds. The van der Waals surface area contributed by atoms with Gasteiger partial charge in [-0.25, -0.2) is 5.01 Å². The van der Waals surface area contributed by atoms with E-state index in [1.54, 1.807) is 24.3 Å². The third kappa shape index (κ3) is 6.67. The van der Waals surface area contributed by atoms with Gasteiger partial charge in [0.15, 0.2) is 11.5 Å². The number of amides is 3. The van der Waals surface area contributed by atoms with E-state index in [1.807, 2.05) is 0 Å². The highest BCUT2D eigenvalue weighted by molar-refractivity contribution is 8.01. The molecule has 1 fully saturated rings. The van der Waals surface area contributed by atoms with Crippen LogP contribution in [0.4, 0.5) is 5.69 Å². The van der Waals surface area contributed by atoms with E-state index in [2.05, 4.69) is 10.7 Å². The Bertz CT molecular complexity index is 1440. The lowest BCUT2D eigenvalue weighted by Gasteiger charge is -2.24. The minimum atomic E-state index is -1.12. The van der Waals surface area contributed by atoms with Crippen LogP contribution in [-0.4, -0.2) is 60.4 Å². The van der Waals surface area contributed by atoms with Crippen molar-refractivity contribution < 1.29 is 38.5 Å². The second kappa shape index (κ2) is 12.8. The van der Waals surface area contributed by atoms with E-state index >= 15 is 0 Å². The number of rotatable bonds is 10. The number of benzene rings is 3. The molecule has 1 heterocycles. The number of carboxylic acid groups (broad SMARTS) is 1. The molecule has 0 radical (unpaired) electrons. The first-order valence-corrected chi connectivity index (χ1v) is 13.5. The van der Waals surface area contributed by atoms with E-state index < -0.39 is 34.3 Å². The normalized spacial score (nSPS) is 16.2. The van der Waals surface area contributed by atoms with Crippen LogP contribution in [0.1, 0.15) is 38.1 Å². The average molecular weight is 600 g/mol. The Balaban J connectivity index is 1.48. The van der Waals surface area contributed by atoms with Crippen molar-refractivity contribution in [3.8, 4) is 17.2 Å². The standard InChI is InChI=1S/C28H26ClN3O8S/c1-38-20-12-17(13-21(39-2)24(20)40-3)25(35)30-19-10-6-15(7-11-19)26(36)31-32-27(37)22(14-23(33)34)41-28(32)16-4-8-18(29)9-5-16/h4-13,22,28H,14H2,1-3H3,(H,30,35)(H,31,36)(H,33,34). The molecule has 3 aromatic rings. The summed E-state index contributed by atoms with van der Waals surface area (Å²) in [5, 5.41) is 12.1. The fraction of sp³-hybridized carbons (Fsp3) is 0.214. The molecular formula is C28H26ClN3O8S. The van der Waals surface area contributed by atoms with Crippen LogP contribution in [0.15, 0.2) is 60.7 Å². The van der Waals surface area contributed by atoms with Crippen molar-refractivity contribution in [3.05, 3.63) is 82.4 Å². The van der Waals surface area contributed by atoms with Gasteiger partial charge in [-0.05, 0) is 54.1 Å². The SMILES string of the molecule is COc1cc(C(=O)Nc2ccc(C(=O)NN3C(=O)C(CC(=O)O)SC3c3ccc(Cl)cc3)cc2)cc(OC)c1OC. The molecule has 3 aromatic carbocycles. The number of hydrogen-bond donors (Lipinski definition) is 3. The van der Waals surface area contributed by atoms with Gasteiger partial charge in [0.05, 0.1) is 33.0 Å². The van der Waals surface area contributed by atoms with E-state index in [0.717, 1.165) is 16.8 Å². The average Bonchev–Trinajstić information content (AvgIpc) is 3.26. The molecule has 4 rings (SSSR count). The van der Waals surface area contributed by atoms with Crippen molar-refractivity contribution in [2.45, 2.75) is 17.0 Å². The van der Waals surface area contributed by atoms with Crippen molar-refractivity contribution in [3.63, 3.8) is 0 Å². The van der Waals surface area contributed by atoms with Gasteiger partial charge in [0.1, 0.15) is 5.37 Å². The summed E-state index contributed by atoms with van der Waals surface area (Å²) >= 11 is 7.12. The Kier molecular flexibility index (Phi) is 9.25. The molecule has 11 nitrogen and oxygen atoms in total. The number of anilines is 1. The lowest BCUT2D eigenvalue weighted by atomic mass is 10.1. The number of carboxylic acids is 1. The highest BCUT2D eigenvalue weighted by Gasteiger charge is 2.43. The summed E-state index contributed by atoms with van der Waals surface area (Å²) < 4.78 is 15.9. The Morgan fingerprint density at radius 3 is 2.05 bits per heavy atom. The Hall–Kier alpha value is -4.42. The molecule has 41 heavy (non-hydrogen) atoms. The molecule has 1 saturated heterocycles. The maximum atomic E-state index is 13.1. The van der Waals surface area contributed by atoms with Crippen molar-refractivity contribution in [2.75, 3.05) is 26.6 Å². The lowest BCUT2D eigenvalue weighted by molar-refractivity contribution is -0.140. The van der Waals surface area contributed by atoms with E-state index in [-0.39, 0.29) is 17.5 Å². The van der Waals surface area contributed by atoms with Gasteiger partial charge in [0.2, 0.25) is 5.75 Å². The van der Waals surface area contributed by atoms with Gasteiger partial charge < -0.3 is 24.6 Å². The molecule has 2 unspecified atom stereocenters. The number of hydrogen-bond acceptors (Lipinski definition) is 8. The molecule has 13 heteroatoms. The minimum absolute atomic E-state index is 0.213. The molecule has 1 aliphatic rings. The maximum absolute atomic E-state index is 13.1. The number of aliphatic carboxylic acids is 1. The smallest absolute Gasteiger partial charge is 0.305 e. The molecule has 214 valence electrons. The highest BCUT2D eigenvalue weighted by Crippen LogP contribution is 2.43. The highest BCUT2D eigenvalue weighted by atomic mass is 35.5. The summed E-state index contributed by atoms with van der Waals surface area (Å²) in [4.78, 5) is 50.3. The van der Waals surface area contributed by atoms with Gasteiger partial charge in [-0.3, -0.25) is 24.6 Å². The summed E-state index contributed by atoms with van der Waals surface area (Å²) in [7, 11) is 4.35. The Morgan fingerprint density at radius 2 is 1.51 bits per heavy atom. The molecular weight excluding hydrogens is 574 g/mol. The molecule has 1 aliphatic heterocycles. The number of halogens is 1. The first-order valence-electron chi connectivity index (χ1n) is 12.1. The summed E-state index contributed by atoms with van der Waals surface area (Å²) in [5.41, 5.74) is 4.16. The topological polar surface area (TPSA) is 143 Å². The van der Waals surface area contributed by atoms with Gasteiger partial charge in [-0.1, -0.05) is 23.7 Å². The first kappa shape index (κ1) is 29.6. The van der Waals surface area contributed by atoms with Crippen LogP contribution < -0.4 is 25.0 Å². The van der Waals surface area contributed by atoms with Gasteiger partial charge in [-0.15, -0.1) is 11.8 Å². The second-order valence-corrected chi connectivity index (χ2v) is 10.4. The Morgan fingerprint density at radius 1 is 0.902 bits per heavy atom. The van der Waals surface area contributed by atoms with Crippen LogP contribution in [0.2, 0.25) is 5.02 Å². The van der Waals surface area contributed by atoms with Crippen molar-refractivity contribution in [1.29, 1.82) is 0 Å². The minimum Gasteiger partial charge on any atom is -0.493 e. The van der Waals surface area contributed by atoms with Gasteiger partial charge in [0, 0.05) is 21.8 Å². The lowest BCUT2D eigenvalue weighted by Crippen LogP contribution is -2.46. The van der Waals surface area contributed by atoms with Crippen LogP contribution in [0.3, 0.4) is 0 Å². The molecule has 0 bridgehead atoms. The number of methoxy groups -OCH3 is 3. The van der Waals surface area contributed by atoms with E-state index in [4.69, 9.17) is 25.8 Å². The number of nitrogens with one attached hydrogen (secondary N) is 2. The summed E-state index contributed by atoms with van der Waals surface area (Å²) in [6, 6.07) is 15.8. The summed E-state index contributed by atoms with van der Waals surface area (Å²) in [6.07, 6.45) is -0.389. The van der Waals surface area contributed by atoms with Gasteiger partial charge in [-0.2, -0.15) is 0 Å². The molecule has 0 aromatic heterocycles.